The monoisotopic (exact) mass is 453 g/mol. The van der Waals surface area contributed by atoms with Crippen molar-refractivity contribution in [3.63, 3.8) is 0 Å². The zero-order chi connectivity index (χ0) is 21.0. The maximum atomic E-state index is 12.0. The zero-order valence-electron chi connectivity index (χ0n) is 17.2. The summed E-state index contributed by atoms with van der Waals surface area (Å²) < 4.78 is 0.803. The third kappa shape index (κ3) is 7.67. The molecule has 1 aromatic carbocycles. The number of carbonyl (C=O) groups excluding carboxylic acids is 2. The molecule has 0 aromatic heterocycles. The van der Waals surface area contributed by atoms with Crippen molar-refractivity contribution in [1.82, 2.24) is 0 Å². The summed E-state index contributed by atoms with van der Waals surface area (Å²) in [5, 5.41) is 22.7. The summed E-state index contributed by atoms with van der Waals surface area (Å²) in [6.07, 6.45) is 8.42. The number of benzene rings is 1. The maximum absolute atomic E-state index is 12.0. The number of unbranched alkanes of at least 4 members (excludes halogenated alkanes) is 6. The molecule has 0 aliphatic heterocycles. The molecule has 0 amide bonds. The molecule has 0 saturated carbocycles. The Kier molecular flexibility index (Phi) is 11.6. The van der Waals surface area contributed by atoms with E-state index in [2.05, 4.69) is 29.8 Å². The minimum absolute atomic E-state index is 0.298. The second kappa shape index (κ2) is 13.1. The molecule has 1 N–H and O–H groups in total. The Morgan fingerprint density at radius 3 is 2.00 bits per heavy atom. The van der Waals surface area contributed by atoms with Crippen LogP contribution in [0.5, 0.6) is 0 Å². The van der Waals surface area contributed by atoms with Gasteiger partial charge in [-0.05, 0) is 30.0 Å². The van der Waals surface area contributed by atoms with Gasteiger partial charge in [0.1, 0.15) is 6.29 Å². The van der Waals surface area contributed by atoms with Gasteiger partial charge in [-0.3, -0.25) is 0 Å². The summed E-state index contributed by atoms with van der Waals surface area (Å²) in [5.74, 6) is -0.637. The van der Waals surface area contributed by atoms with Gasteiger partial charge in [-0.25, -0.2) is 0 Å². The van der Waals surface area contributed by atoms with Crippen LogP contribution < -0.4 is 5.11 Å². The van der Waals surface area contributed by atoms with Crippen molar-refractivity contribution < 1.29 is 19.8 Å². The fraction of sp³-hybridized carbons (Fsp3) is 0.652. The first kappa shape index (κ1) is 24.8. The van der Waals surface area contributed by atoms with E-state index in [9.17, 15) is 19.8 Å². The molecule has 158 valence electrons. The van der Waals surface area contributed by atoms with Crippen molar-refractivity contribution in [3.8, 4) is 0 Å². The second-order valence-electron chi connectivity index (χ2n) is 8.10. The zero-order valence-corrected chi connectivity index (χ0v) is 18.7. The topological polar surface area (TPSA) is 77.4 Å². The third-order valence-electron chi connectivity index (χ3n) is 5.46. The van der Waals surface area contributed by atoms with Gasteiger partial charge in [-0.1, -0.05) is 93.3 Å². The molecular weight excluding hydrogens is 420 g/mol. The molecule has 0 fully saturated rings. The van der Waals surface area contributed by atoms with Crippen molar-refractivity contribution in [2.24, 2.45) is 5.92 Å². The Morgan fingerprint density at radius 2 is 1.54 bits per heavy atom. The first-order chi connectivity index (χ1) is 13.3. The van der Waals surface area contributed by atoms with Crippen LogP contribution in [0, 0.1) is 5.92 Å². The number of rotatable bonds is 15. The van der Waals surface area contributed by atoms with Gasteiger partial charge < -0.3 is 19.8 Å². The van der Waals surface area contributed by atoms with E-state index >= 15 is 0 Å². The van der Waals surface area contributed by atoms with Crippen LogP contribution in [-0.2, 0) is 15.0 Å². The lowest BCUT2D eigenvalue weighted by atomic mass is 9.72. The predicted molar refractivity (Wildman–Crippen MR) is 114 cm³/mol. The molecule has 4 nitrogen and oxygen atoms in total. The van der Waals surface area contributed by atoms with Gasteiger partial charge in [0.2, 0.25) is 0 Å². The van der Waals surface area contributed by atoms with Crippen molar-refractivity contribution in [3.05, 3.63) is 34.3 Å². The van der Waals surface area contributed by atoms with Gasteiger partial charge >= 0.3 is 0 Å². The van der Waals surface area contributed by atoms with Crippen LogP contribution in [-0.4, -0.2) is 23.5 Å². The smallest absolute Gasteiger partial charge is 0.121 e. The van der Waals surface area contributed by atoms with E-state index in [1.54, 1.807) is 24.3 Å². The van der Waals surface area contributed by atoms with E-state index in [1.807, 2.05) is 0 Å². The lowest BCUT2D eigenvalue weighted by Gasteiger charge is -2.38. The average Bonchev–Trinajstić information content (AvgIpc) is 2.64. The van der Waals surface area contributed by atoms with Gasteiger partial charge in [0.05, 0.1) is 17.5 Å². The molecule has 1 unspecified atom stereocenters. The minimum atomic E-state index is -1.70. The molecule has 0 spiro atoms. The number of hydrogen-bond acceptors (Lipinski definition) is 4. The van der Waals surface area contributed by atoms with Gasteiger partial charge in [0.25, 0.3) is 0 Å². The average molecular weight is 454 g/mol. The highest BCUT2D eigenvalue weighted by Gasteiger charge is 2.40. The molecule has 1 aromatic rings. The van der Waals surface area contributed by atoms with Gasteiger partial charge in [0.15, 0.2) is 0 Å². The summed E-state index contributed by atoms with van der Waals surface area (Å²) >= 11 is 3.32. The summed E-state index contributed by atoms with van der Waals surface area (Å²) in [6, 6.07) is 6.68. The number of aliphatic hydroxyl groups excluding tert-OH is 1. The molecule has 5 heteroatoms. The van der Waals surface area contributed by atoms with E-state index in [4.69, 9.17) is 0 Å². The molecule has 0 bridgehead atoms. The predicted octanol–water partition coefficient (Wildman–Crippen LogP) is 4.55. The fourth-order valence-corrected chi connectivity index (χ4v) is 3.95. The SMILES string of the molecule is CC(C)CCCCCCCCCC(O)[C@](CC=O)(C(=O)[O-])c1ccc(Br)cc1. The largest absolute Gasteiger partial charge is 0.549 e. The van der Waals surface area contributed by atoms with E-state index < -0.39 is 17.5 Å². The highest BCUT2D eigenvalue weighted by atomic mass is 79.9. The highest BCUT2D eigenvalue weighted by molar-refractivity contribution is 9.10. The first-order valence-corrected chi connectivity index (χ1v) is 11.2. The Labute approximate surface area is 177 Å². The molecule has 0 radical (unpaired) electrons. The first-order valence-electron chi connectivity index (χ1n) is 10.4. The minimum Gasteiger partial charge on any atom is -0.549 e. The van der Waals surface area contributed by atoms with Crippen molar-refractivity contribution >= 4 is 28.2 Å². The third-order valence-corrected chi connectivity index (χ3v) is 5.99. The number of hydrogen-bond donors (Lipinski definition) is 1. The number of halogens is 1. The molecule has 2 atom stereocenters. The van der Waals surface area contributed by atoms with Crippen LogP contribution >= 0.6 is 15.9 Å². The summed E-state index contributed by atoms with van der Waals surface area (Å²) in [7, 11) is 0. The quantitative estimate of drug-likeness (QED) is 0.312. The van der Waals surface area contributed by atoms with Crippen molar-refractivity contribution in [1.29, 1.82) is 0 Å². The fourth-order valence-electron chi connectivity index (χ4n) is 3.68. The Hall–Kier alpha value is -1.20. The Bertz CT molecular complexity index is 585. The Balaban J connectivity index is 2.54. The normalized spacial score (nSPS) is 14.6. The van der Waals surface area contributed by atoms with Crippen LogP contribution in [0.15, 0.2) is 28.7 Å². The number of carboxylic acids is 1. The van der Waals surface area contributed by atoms with Crippen LogP contribution in [0.25, 0.3) is 0 Å². The van der Waals surface area contributed by atoms with Crippen molar-refractivity contribution in [2.45, 2.75) is 89.6 Å². The van der Waals surface area contributed by atoms with Gasteiger partial charge in [0, 0.05) is 10.9 Å². The summed E-state index contributed by atoms with van der Waals surface area (Å²) in [5.41, 5.74) is -1.29. The number of aldehydes is 1. The van der Waals surface area contributed by atoms with E-state index in [0.29, 0.717) is 18.3 Å². The summed E-state index contributed by atoms with van der Waals surface area (Å²) in [6.45, 7) is 4.49. The number of carboxylic acid groups (broad SMARTS) is 1. The molecular formula is C23H34BrO4-. The lowest BCUT2D eigenvalue weighted by molar-refractivity contribution is -0.317. The van der Waals surface area contributed by atoms with Crippen LogP contribution in [0.4, 0.5) is 0 Å². The van der Waals surface area contributed by atoms with E-state index in [-0.39, 0.29) is 6.42 Å². The molecule has 0 aliphatic carbocycles. The number of aliphatic hydroxyl groups is 1. The molecule has 1 rings (SSSR count). The summed E-state index contributed by atoms with van der Waals surface area (Å²) in [4.78, 5) is 23.2. The van der Waals surface area contributed by atoms with Gasteiger partial charge in [-0.15, -0.1) is 0 Å². The molecule has 0 saturated heterocycles. The van der Waals surface area contributed by atoms with Gasteiger partial charge in [-0.2, -0.15) is 0 Å². The number of carbonyl (C=O) groups is 2. The standard InChI is InChI=1S/C23H35BrO4/c1-18(2)10-8-6-4-3-5-7-9-11-21(26)23(16-17-25,22(27)28)19-12-14-20(24)15-13-19/h12-15,17-18,21,26H,3-11,16H2,1-2H3,(H,27,28)/p-1/t21?,23-/m1/s1. The van der Waals surface area contributed by atoms with E-state index in [1.165, 1.54) is 32.1 Å². The van der Waals surface area contributed by atoms with Crippen LogP contribution in [0.3, 0.4) is 0 Å². The van der Waals surface area contributed by atoms with Crippen LogP contribution in [0.2, 0.25) is 0 Å². The lowest BCUT2D eigenvalue weighted by Crippen LogP contribution is -2.54. The highest BCUT2D eigenvalue weighted by Crippen LogP contribution is 2.34. The van der Waals surface area contributed by atoms with E-state index in [0.717, 1.165) is 29.7 Å². The molecule has 28 heavy (non-hydrogen) atoms. The molecule has 0 heterocycles. The molecule has 0 aliphatic rings. The Morgan fingerprint density at radius 1 is 1.04 bits per heavy atom. The van der Waals surface area contributed by atoms with Crippen LogP contribution in [0.1, 0.15) is 83.6 Å². The maximum Gasteiger partial charge on any atom is 0.121 e. The second-order valence-corrected chi connectivity index (χ2v) is 9.01. The van der Waals surface area contributed by atoms with Crippen molar-refractivity contribution in [2.75, 3.05) is 0 Å². The number of aliphatic carboxylic acids is 1.